The van der Waals surface area contributed by atoms with Crippen molar-refractivity contribution in [2.24, 2.45) is 0 Å². The molecule has 0 aliphatic carbocycles. The van der Waals surface area contributed by atoms with Gasteiger partial charge in [-0.2, -0.15) is 0 Å². The van der Waals surface area contributed by atoms with E-state index in [1.807, 2.05) is 55.5 Å². The van der Waals surface area contributed by atoms with Gasteiger partial charge < -0.3 is 25.6 Å². The maximum absolute atomic E-state index is 11.1. The Kier molecular flexibility index (Phi) is 4.69. The number of benzene rings is 2. The van der Waals surface area contributed by atoms with E-state index in [1.54, 1.807) is 12.1 Å². The summed E-state index contributed by atoms with van der Waals surface area (Å²) in [5, 5.41) is 29.3. The minimum atomic E-state index is -0.927. The van der Waals surface area contributed by atoms with Gasteiger partial charge >= 0.3 is 0 Å². The Labute approximate surface area is 189 Å². The number of ether oxygens (including phenoxy) is 1. The first-order valence-electron chi connectivity index (χ1n) is 9.79. The van der Waals surface area contributed by atoms with Crippen LogP contribution < -0.4 is 10.6 Å². The molecule has 0 saturated carbocycles. The Morgan fingerprint density at radius 1 is 1.13 bits per heavy atom. The quantitative estimate of drug-likeness (QED) is 0.339. The highest BCUT2D eigenvalue weighted by atomic mass is 35.5. The number of aromatic hydroxyl groups is 2. The van der Waals surface area contributed by atoms with Gasteiger partial charge in [-0.15, -0.1) is 0 Å². The number of rotatable bonds is 4. The highest BCUT2D eigenvalue weighted by Gasteiger charge is 2.53. The van der Waals surface area contributed by atoms with Crippen molar-refractivity contribution in [3.63, 3.8) is 0 Å². The zero-order chi connectivity index (χ0) is 21.8. The lowest BCUT2D eigenvalue weighted by molar-refractivity contribution is -0.00149. The van der Waals surface area contributed by atoms with Crippen molar-refractivity contribution in [2.75, 3.05) is 11.9 Å². The van der Waals surface area contributed by atoms with Crippen molar-refractivity contribution < 1.29 is 14.9 Å². The second-order valence-corrected chi connectivity index (χ2v) is 8.55. The van der Waals surface area contributed by atoms with Crippen molar-refractivity contribution in [3.8, 4) is 17.4 Å². The standard InChI is InChI=1S/C23H20ClN3O3S/c1-13-2-8-16(9-3-13)27-20(28)18-17-10-11-23(30-17,19(18)21(27)29)12-25-22(31)26-15-6-4-14(24)5-7-15/h2-11,17,28-29H,12H2,1H3,(H2,25,26,31). The fourth-order valence-electron chi connectivity index (χ4n) is 4.14. The molecule has 2 bridgehead atoms. The predicted molar refractivity (Wildman–Crippen MR) is 124 cm³/mol. The summed E-state index contributed by atoms with van der Waals surface area (Å²) in [5.41, 5.74) is 2.79. The molecule has 0 radical (unpaired) electrons. The SMILES string of the molecule is Cc1ccc(-n2c(O)c3c(c2O)C2(CNC(=S)Nc4ccc(Cl)cc4)C=CC3O2)cc1. The Bertz CT molecular complexity index is 1200. The molecule has 5 rings (SSSR count). The summed E-state index contributed by atoms with van der Waals surface area (Å²) in [4.78, 5) is 0. The number of thiocarbonyl (C=S) groups is 1. The van der Waals surface area contributed by atoms with Gasteiger partial charge in [-0.3, -0.25) is 4.57 Å². The van der Waals surface area contributed by atoms with Crippen LogP contribution in [-0.4, -0.2) is 26.4 Å². The lowest BCUT2D eigenvalue weighted by Crippen LogP contribution is -2.40. The van der Waals surface area contributed by atoms with Crippen LogP contribution in [0.4, 0.5) is 5.69 Å². The smallest absolute Gasteiger partial charge is 0.205 e. The van der Waals surface area contributed by atoms with Crippen molar-refractivity contribution in [3.05, 3.63) is 82.4 Å². The van der Waals surface area contributed by atoms with Gasteiger partial charge in [0.05, 0.1) is 23.4 Å². The summed E-state index contributed by atoms with van der Waals surface area (Å²) in [5.74, 6) is -0.0592. The molecule has 3 heterocycles. The van der Waals surface area contributed by atoms with Gasteiger partial charge in [0.2, 0.25) is 11.8 Å². The van der Waals surface area contributed by atoms with Crippen LogP contribution in [0.3, 0.4) is 0 Å². The molecule has 2 aromatic carbocycles. The summed E-state index contributed by atoms with van der Waals surface area (Å²) >= 11 is 11.3. The van der Waals surface area contributed by atoms with E-state index in [2.05, 4.69) is 10.6 Å². The molecule has 158 valence electrons. The average Bonchev–Trinajstić information content (AvgIpc) is 3.40. The number of hydrogen-bond acceptors (Lipinski definition) is 4. The van der Waals surface area contributed by atoms with Crippen LogP contribution in [0.25, 0.3) is 5.69 Å². The van der Waals surface area contributed by atoms with Crippen LogP contribution in [0.1, 0.15) is 22.8 Å². The third-order valence-electron chi connectivity index (χ3n) is 5.65. The van der Waals surface area contributed by atoms with Gasteiger partial charge in [-0.1, -0.05) is 35.4 Å². The molecule has 2 aliphatic rings. The van der Waals surface area contributed by atoms with Crippen LogP contribution >= 0.6 is 23.8 Å². The van der Waals surface area contributed by atoms with Crippen LogP contribution in [-0.2, 0) is 10.3 Å². The highest BCUT2D eigenvalue weighted by molar-refractivity contribution is 7.80. The van der Waals surface area contributed by atoms with E-state index in [1.165, 1.54) is 4.57 Å². The second-order valence-electron chi connectivity index (χ2n) is 7.71. The fraction of sp³-hybridized carbons (Fsp3) is 0.174. The van der Waals surface area contributed by atoms with Crippen LogP contribution in [0.2, 0.25) is 5.02 Å². The monoisotopic (exact) mass is 453 g/mol. The Morgan fingerprint density at radius 2 is 1.84 bits per heavy atom. The van der Waals surface area contributed by atoms with Crippen LogP contribution in [0.15, 0.2) is 60.7 Å². The van der Waals surface area contributed by atoms with E-state index in [9.17, 15) is 10.2 Å². The molecule has 6 nitrogen and oxygen atoms in total. The molecule has 4 N–H and O–H groups in total. The molecule has 0 spiro atoms. The van der Waals surface area contributed by atoms with Gasteiger partial charge in [-0.25, -0.2) is 0 Å². The normalized spacial score (nSPS) is 20.6. The van der Waals surface area contributed by atoms with E-state index in [0.717, 1.165) is 11.3 Å². The number of nitrogens with one attached hydrogen (secondary N) is 2. The van der Waals surface area contributed by atoms with Gasteiger partial charge in [0.1, 0.15) is 11.7 Å². The largest absolute Gasteiger partial charge is 0.494 e. The minimum absolute atomic E-state index is 0.0190. The number of aryl methyl sites for hydroxylation is 1. The van der Waals surface area contributed by atoms with Crippen LogP contribution in [0, 0.1) is 6.92 Å². The third-order valence-corrected chi connectivity index (χ3v) is 6.15. The molecular formula is C23H20ClN3O3S. The molecule has 2 atom stereocenters. The first-order valence-corrected chi connectivity index (χ1v) is 10.6. The van der Waals surface area contributed by atoms with Crippen molar-refractivity contribution in [1.82, 2.24) is 9.88 Å². The minimum Gasteiger partial charge on any atom is -0.494 e. The fourth-order valence-corrected chi connectivity index (χ4v) is 4.46. The zero-order valence-corrected chi connectivity index (χ0v) is 18.2. The molecule has 2 unspecified atom stereocenters. The molecule has 31 heavy (non-hydrogen) atoms. The number of fused-ring (bicyclic) bond motifs is 5. The van der Waals surface area contributed by atoms with Gasteiger partial charge in [0.25, 0.3) is 0 Å². The van der Waals surface area contributed by atoms with E-state index in [0.29, 0.717) is 26.9 Å². The van der Waals surface area contributed by atoms with Crippen molar-refractivity contribution >= 4 is 34.6 Å². The molecule has 3 aromatic rings. The molecule has 0 saturated heterocycles. The van der Waals surface area contributed by atoms with Crippen LogP contribution in [0.5, 0.6) is 11.8 Å². The molecule has 8 heteroatoms. The summed E-state index contributed by atoms with van der Waals surface area (Å²) in [7, 11) is 0. The summed E-state index contributed by atoms with van der Waals surface area (Å²) in [6.07, 6.45) is 3.36. The first kappa shape index (κ1) is 19.9. The maximum atomic E-state index is 11.1. The molecule has 0 fully saturated rings. The van der Waals surface area contributed by atoms with E-state index in [4.69, 9.17) is 28.6 Å². The maximum Gasteiger partial charge on any atom is 0.205 e. The Morgan fingerprint density at radius 3 is 2.55 bits per heavy atom. The van der Waals surface area contributed by atoms with Gasteiger partial charge in [-0.05, 0) is 61.6 Å². The van der Waals surface area contributed by atoms with Crippen molar-refractivity contribution in [2.45, 2.75) is 18.6 Å². The van der Waals surface area contributed by atoms with E-state index in [-0.39, 0.29) is 18.3 Å². The Balaban J connectivity index is 1.41. The number of halogens is 1. The van der Waals surface area contributed by atoms with E-state index >= 15 is 0 Å². The van der Waals surface area contributed by atoms with Crippen molar-refractivity contribution in [1.29, 1.82) is 0 Å². The van der Waals surface area contributed by atoms with Gasteiger partial charge in [0, 0.05) is 10.7 Å². The van der Waals surface area contributed by atoms with Gasteiger partial charge in [0.15, 0.2) is 5.11 Å². The Hall–Kier alpha value is -3.00. The molecule has 1 aromatic heterocycles. The first-order chi connectivity index (χ1) is 14.9. The highest BCUT2D eigenvalue weighted by Crippen LogP contribution is 2.58. The number of anilines is 1. The lowest BCUT2D eigenvalue weighted by Gasteiger charge is -2.25. The third kappa shape index (κ3) is 3.26. The topological polar surface area (TPSA) is 78.7 Å². The predicted octanol–water partition coefficient (Wildman–Crippen LogP) is 4.67. The summed E-state index contributed by atoms with van der Waals surface area (Å²) in [6.45, 7) is 2.27. The number of hydrogen-bond donors (Lipinski definition) is 4. The zero-order valence-electron chi connectivity index (χ0n) is 16.6. The average molecular weight is 454 g/mol. The summed E-state index contributed by atoms with van der Waals surface area (Å²) in [6, 6.07) is 14.8. The molecule has 0 amide bonds. The van der Waals surface area contributed by atoms with E-state index < -0.39 is 11.7 Å². The second kappa shape index (κ2) is 7.30. The molecular weight excluding hydrogens is 434 g/mol. The number of aromatic nitrogens is 1. The number of nitrogens with zero attached hydrogens (tertiary/aromatic N) is 1. The lowest BCUT2D eigenvalue weighted by atomic mass is 9.89. The molecule has 2 aliphatic heterocycles. The summed E-state index contributed by atoms with van der Waals surface area (Å²) < 4.78 is 7.60.